The summed E-state index contributed by atoms with van der Waals surface area (Å²) in [5.41, 5.74) is 9.64. The molecule has 3 N–H and O–H groups in total. The van der Waals surface area contributed by atoms with Gasteiger partial charge < -0.3 is 15.2 Å². The van der Waals surface area contributed by atoms with E-state index in [9.17, 15) is 0 Å². The molecule has 0 spiro atoms. The minimum Gasteiger partial charge on any atom is -0.496 e. The number of methoxy groups -OCH3 is 1. The molecule has 0 fully saturated rings. The van der Waals surface area contributed by atoms with Crippen LogP contribution in [0.1, 0.15) is 17.0 Å². The van der Waals surface area contributed by atoms with E-state index in [4.69, 9.17) is 21.8 Å². The van der Waals surface area contributed by atoms with Crippen LogP contribution >= 0.6 is 22.6 Å². The molecule has 4 rings (SSSR count). The van der Waals surface area contributed by atoms with Crippen LogP contribution in [0.2, 0.25) is 0 Å². The van der Waals surface area contributed by atoms with Crippen LogP contribution in [0.4, 0.5) is 0 Å². The number of benzene rings is 1. The average molecular weight is 471 g/mol. The molecular formula is C19H14IN5O2. The third-order valence-corrected chi connectivity index (χ3v) is 5.21. The molecule has 27 heavy (non-hydrogen) atoms. The van der Waals surface area contributed by atoms with Gasteiger partial charge in [0.15, 0.2) is 5.88 Å². The van der Waals surface area contributed by atoms with Gasteiger partial charge in [0, 0.05) is 23.5 Å². The van der Waals surface area contributed by atoms with Crippen molar-refractivity contribution < 1.29 is 9.47 Å². The molecule has 0 aliphatic carbocycles. The minimum absolute atomic E-state index is 0.0672. The van der Waals surface area contributed by atoms with Gasteiger partial charge in [0.25, 0.3) is 0 Å². The van der Waals surface area contributed by atoms with Gasteiger partial charge in [-0.15, -0.1) is 5.10 Å². The first-order chi connectivity index (χ1) is 13.1. The molecule has 1 unspecified atom stereocenters. The second-order valence-electron chi connectivity index (χ2n) is 5.85. The van der Waals surface area contributed by atoms with Crippen LogP contribution in [0.3, 0.4) is 0 Å². The Labute approximate surface area is 169 Å². The van der Waals surface area contributed by atoms with Crippen LogP contribution < -0.4 is 15.2 Å². The molecule has 1 aromatic carbocycles. The number of ether oxygens (including phenoxy) is 2. The first-order valence-electron chi connectivity index (χ1n) is 8.01. The Kier molecular flexibility index (Phi) is 4.45. The summed E-state index contributed by atoms with van der Waals surface area (Å²) in [4.78, 5) is 7.84. The fraction of sp³-hybridized carbons (Fsp3) is 0.105. The van der Waals surface area contributed by atoms with Crippen molar-refractivity contribution in [2.45, 2.75) is 5.92 Å². The van der Waals surface area contributed by atoms with Crippen molar-refractivity contribution in [3.63, 3.8) is 0 Å². The lowest BCUT2D eigenvalue weighted by Crippen LogP contribution is -2.20. The van der Waals surface area contributed by atoms with Crippen LogP contribution in [0.25, 0.3) is 16.1 Å². The number of aromatic nitrogens is 3. The highest BCUT2D eigenvalue weighted by Gasteiger charge is 2.36. The van der Waals surface area contributed by atoms with Crippen molar-refractivity contribution in [2.75, 3.05) is 7.11 Å². The number of hydrogen-bond acceptors (Lipinski definition) is 5. The monoisotopic (exact) mass is 471 g/mol. The predicted octanol–water partition coefficient (Wildman–Crippen LogP) is 3.66. The molecule has 7 nitrogen and oxygen atoms in total. The first-order valence-corrected chi connectivity index (χ1v) is 9.09. The van der Waals surface area contributed by atoms with Gasteiger partial charge in [0.2, 0.25) is 11.6 Å². The fourth-order valence-electron chi connectivity index (χ4n) is 3.15. The number of H-pyrrole nitrogens is 1. The lowest BCUT2D eigenvalue weighted by Gasteiger charge is -2.24. The van der Waals surface area contributed by atoms with Gasteiger partial charge >= 0.3 is 0 Å². The predicted molar refractivity (Wildman–Crippen MR) is 108 cm³/mol. The van der Waals surface area contributed by atoms with Crippen LogP contribution in [-0.4, -0.2) is 22.3 Å². The van der Waals surface area contributed by atoms with Crippen LogP contribution in [0.15, 0.2) is 54.3 Å². The van der Waals surface area contributed by atoms with Gasteiger partial charge in [-0.1, -0.05) is 6.07 Å². The van der Waals surface area contributed by atoms with Gasteiger partial charge in [0.05, 0.1) is 28.9 Å². The van der Waals surface area contributed by atoms with E-state index in [0.717, 1.165) is 31.7 Å². The second-order valence-corrected chi connectivity index (χ2v) is 7.01. The zero-order valence-corrected chi connectivity index (χ0v) is 16.4. The molecular weight excluding hydrogens is 457 g/mol. The summed E-state index contributed by atoms with van der Waals surface area (Å²) < 4.78 is 11.9. The van der Waals surface area contributed by atoms with Crippen molar-refractivity contribution in [3.05, 3.63) is 80.4 Å². The van der Waals surface area contributed by atoms with Crippen LogP contribution in [-0.2, 0) is 0 Å². The Bertz CT molecular complexity index is 1090. The summed E-state index contributed by atoms with van der Waals surface area (Å²) in [5.74, 6) is 0.805. The zero-order valence-electron chi connectivity index (χ0n) is 14.2. The van der Waals surface area contributed by atoms with Gasteiger partial charge in [-0.3, -0.25) is 10.1 Å². The molecule has 1 atom stereocenters. The van der Waals surface area contributed by atoms with Gasteiger partial charge in [-0.2, -0.15) is 0 Å². The topological polar surface area (TPSA) is 90.4 Å². The lowest BCUT2D eigenvalue weighted by atomic mass is 9.86. The van der Waals surface area contributed by atoms with Crippen molar-refractivity contribution >= 4 is 22.6 Å². The number of pyridine rings is 1. The smallest absolute Gasteiger partial charge is 0.241 e. The Balaban J connectivity index is 1.94. The highest BCUT2D eigenvalue weighted by Crippen LogP contribution is 2.46. The summed E-state index contributed by atoms with van der Waals surface area (Å²) in [5, 5.41) is 7.27. The number of nitrogens with one attached hydrogen (secondary N) is 1. The molecule has 1 aliphatic rings. The van der Waals surface area contributed by atoms with E-state index in [-0.39, 0.29) is 5.88 Å². The Morgan fingerprint density at radius 3 is 2.89 bits per heavy atom. The van der Waals surface area contributed by atoms with E-state index in [2.05, 4.69) is 42.6 Å². The molecule has 8 heteroatoms. The molecule has 2 aromatic heterocycles. The van der Waals surface area contributed by atoms with Crippen molar-refractivity contribution in [1.82, 2.24) is 15.2 Å². The molecule has 0 radical (unpaired) electrons. The normalized spacial score (nSPS) is 15.7. The number of nitrogens with zero attached hydrogens (tertiary/aromatic N) is 3. The van der Waals surface area contributed by atoms with E-state index in [1.54, 1.807) is 19.5 Å². The number of hydrogen-bond donors (Lipinski definition) is 2. The van der Waals surface area contributed by atoms with Crippen molar-refractivity contribution in [3.8, 4) is 22.9 Å². The fourth-order valence-corrected chi connectivity index (χ4v) is 3.91. The Morgan fingerprint density at radius 2 is 2.22 bits per heavy atom. The van der Waals surface area contributed by atoms with E-state index in [0.29, 0.717) is 11.6 Å². The Morgan fingerprint density at radius 1 is 1.37 bits per heavy atom. The van der Waals surface area contributed by atoms with E-state index in [1.165, 1.54) is 0 Å². The second kappa shape index (κ2) is 6.92. The molecule has 0 saturated heterocycles. The minimum atomic E-state index is -0.403. The highest BCUT2D eigenvalue weighted by molar-refractivity contribution is 14.1. The quantitative estimate of drug-likeness (QED) is 0.450. The Hall–Kier alpha value is -3.06. The number of nitrogens with two attached hydrogens (primary N) is 1. The summed E-state index contributed by atoms with van der Waals surface area (Å²) in [6.07, 6.45) is 3.44. The lowest BCUT2D eigenvalue weighted by molar-refractivity contribution is 0.378. The maximum atomic E-state index is 7.65. The van der Waals surface area contributed by atoms with Gasteiger partial charge in [0.1, 0.15) is 5.75 Å². The number of aromatic amines is 1. The summed E-state index contributed by atoms with van der Waals surface area (Å²) in [6.45, 7) is 7.65. The molecule has 0 bridgehead atoms. The number of rotatable bonds is 3. The summed E-state index contributed by atoms with van der Waals surface area (Å²) in [6, 6.07) is 9.57. The molecule has 1 aliphatic heterocycles. The molecule has 0 amide bonds. The number of allylic oxidation sites excluding steroid dienone is 1. The summed E-state index contributed by atoms with van der Waals surface area (Å²) >= 11 is 2.21. The maximum Gasteiger partial charge on any atom is 0.241 e. The van der Waals surface area contributed by atoms with Crippen molar-refractivity contribution in [2.24, 2.45) is 5.73 Å². The van der Waals surface area contributed by atoms with E-state index >= 15 is 0 Å². The summed E-state index contributed by atoms with van der Waals surface area (Å²) in [7, 11) is 1.63. The first kappa shape index (κ1) is 17.4. The van der Waals surface area contributed by atoms with Gasteiger partial charge in [-0.05, 0) is 52.4 Å². The zero-order chi connectivity index (χ0) is 19.0. The SMILES string of the molecule is [C-]#[N+]C1=C(N)Oc2n[nH]c(-c3cccnc3)c2C1c1ccc(OC)c(I)c1. The molecule has 3 aromatic rings. The maximum absolute atomic E-state index is 7.65. The van der Waals surface area contributed by atoms with E-state index < -0.39 is 5.92 Å². The van der Waals surface area contributed by atoms with E-state index in [1.807, 2.05) is 30.3 Å². The standard InChI is InChI=1S/C19H14IN5O2/c1-22-17-14(10-5-6-13(26-2)12(20)8-10)15-16(11-4-3-7-23-9-11)24-25-19(15)27-18(17)21/h3-9,14H,21H2,2H3,(H,24,25). The number of fused-ring (bicyclic) bond motifs is 1. The largest absolute Gasteiger partial charge is 0.496 e. The van der Waals surface area contributed by atoms with Crippen molar-refractivity contribution in [1.29, 1.82) is 0 Å². The molecule has 0 saturated carbocycles. The molecule has 3 heterocycles. The third kappa shape index (κ3) is 2.90. The van der Waals surface area contributed by atoms with Crippen LogP contribution in [0, 0.1) is 10.1 Å². The third-order valence-electron chi connectivity index (χ3n) is 4.37. The highest BCUT2D eigenvalue weighted by atomic mass is 127. The molecule has 134 valence electrons. The van der Waals surface area contributed by atoms with Gasteiger partial charge in [-0.25, -0.2) is 4.85 Å². The average Bonchev–Trinajstić information content (AvgIpc) is 3.10. The number of halogens is 1. The van der Waals surface area contributed by atoms with Crippen LogP contribution in [0.5, 0.6) is 11.6 Å².